The number of hydrogen-bond donors (Lipinski definition) is 0. The SMILES string of the molecule is N#Cc1c(C#N)c(-c2ccccn2)c(-n2c3ccccc3c3ccc4c5ccccc5sc4c32)c(-n2c3ccccc3c3ccc4c5ccccc5sc4c32)c1-c1ccccn1. The summed E-state index contributed by atoms with van der Waals surface area (Å²) in [5, 5.41) is 32.1. The number of rotatable bonds is 4. The average Bonchev–Trinajstić information content (AvgIpc) is 4.09. The van der Waals surface area contributed by atoms with Gasteiger partial charge in [-0.15, -0.1) is 22.7 Å². The Labute approximate surface area is 361 Å². The van der Waals surface area contributed by atoms with Crippen molar-refractivity contribution in [3.8, 4) is 46.0 Å². The van der Waals surface area contributed by atoms with E-state index in [0.717, 1.165) is 75.2 Å². The summed E-state index contributed by atoms with van der Waals surface area (Å²) in [5.74, 6) is 0. The van der Waals surface area contributed by atoms with Crippen molar-refractivity contribution in [2.75, 3.05) is 0 Å². The van der Waals surface area contributed by atoms with Crippen LogP contribution in [0.5, 0.6) is 0 Å². The second kappa shape index (κ2) is 13.2. The van der Waals surface area contributed by atoms with Gasteiger partial charge in [-0.25, -0.2) is 0 Å². The van der Waals surface area contributed by atoms with Crippen molar-refractivity contribution in [3.63, 3.8) is 0 Å². The Morgan fingerprint density at radius 1 is 0.387 bits per heavy atom. The third kappa shape index (κ3) is 4.65. The Balaban J connectivity index is 1.38. The molecule has 0 saturated heterocycles. The standard InChI is InChI=1S/C54H28N6S2/c55-29-39-40(30-56)48(42-18-10-12-28-58-42)52(60-44-20-6-2-14-32(44)36-24-26-38-34-16-4-8-22-46(34)62-54(38)50(36)60)51(47(39)41-17-9-11-27-57-41)59-43-19-5-1-13-31(43)35-23-25-37-33-15-3-7-21-45(33)61-53(37)49(35)59/h1-28H. The summed E-state index contributed by atoms with van der Waals surface area (Å²) < 4.78 is 9.38. The van der Waals surface area contributed by atoms with Crippen molar-refractivity contribution >= 4 is 107 Å². The van der Waals surface area contributed by atoms with Crippen LogP contribution in [-0.2, 0) is 0 Å². The van der Waals surface area contributed by atoms with E-state index in [1.165, 1.54) is 20.2 Å². The molecule has 0 unspecified atom stereocenters. The summed E-state index contributed by atoms with van der Waals surface area (Å²) in [7, 11) is 0. The normalized spacial score (nSPS) is 11.8. The van der Waals surface area contributed by atoms with Crippen molar-refractivity contribution in [1.29, 1.82) is 10.5 Å². The van der Waals surface area contributed by atoms with Gasteiger partial charge in [-0.1, -0.05) is 109 Å². The lowest BCUT2D eigenvalue weighted by Crippen LogP contribution is -2.12. The van der Waals surface area contributed by atoms with Crippen molar-refractivity contribution in [1.82, 2.24) is 19.1 Å². The van der Waals surface area contributed by atoms with E-state index in [-0.39, 0.29) is 11.1 Å². The molecule has 0 bridgehead atoms. The maximum absolute atomic E-state index is 11.5. The Hall–Kier alpha value is -8.14. The number of aromatic nitrogens is 4. The van der Waals surface area contributed by atoms with E-state index in [1.54, 1.807) is 35.1 Å². The monoisotopic (exact) mass is 824 g/mol. The molecular weight excluding hydrogens is 797 g/mol. The number of nitriles is 2. The molecule has 0 spiro atoms. The highest BCUT2D eigenvalue weighted by molar-refractivity contribution is 7.27. The average molecular weight is 825 g/mol. The Morgan fingerprint density at radius 3 is 1.19 bits per heavy atom. The maximum Gasteiger partial charge on any atom is 0.101 e. The summed E-state index contributed by atoms with van der Waals surface area (Å²) in [6, 6.07) is 59.9. The lowest BCUT2D eigenvalue weighted by atomic mass is 9.89. The molecule has 0 saturated carbocycles. The van der Waals surface area contributed by atoms with Gasteiger partial charge in [0, 0.05) is 76.0 Å². The van der Waals surface area contributed by atoms with E-state index < -0.39 is 0 Å². The Bertz CT molecular complexity index is 3850. The molecule has 8 heteroatoms. The van der Waals surface area contributed by atoms with Crippen LogP contribution in [-0.4, -0.2) is 19.1 Å². The second-order valence-corrected chi connectivity index (χ2v) is 17.5. The molecule has 0 atom stereocenters. The van der Waals surface area contributed by atoms with Gasteiger partial charge in [0.25, 0.3) is 0 Å². The zero-order valence-corrected chi connectivity index (χ0v) is 34.3. The zero-order valence-electron chi connectivity index (χ0n) is 32.7. The maximum atomic E-state index is 11.5. The second-order valence-electron chi connectivity index (χ2n) is 15.4. The van der Waals surface area contributed by atoms with Gasteiger partial charge in [-0.2, -0.15) is 10.5 Å². The van der Waals surface area contributed by atoms with E-state index in [9.17, 15) is 10.5 Å². The van der Waals surface area contributed by atoms with Gasteiger partial charge >= 0.3 is 0 Å². The van der Waals surface area contributed by atoms with E-state index in [1.807, 2.05) is 36.4 Å². The summed E-state index contributed by atoms with van der Waals surface area (Å²) in [6.07, 6.45) is 3.52. The zero-order chi connectivity index (χ0) is 41.1. The summed E-state index contributed by atoms with van der Waals surface area (Å²) in [6.45, 7) is 0. The fraction of sp³-hybridized carbons (Fsp3) is 0. The lowest BCUT2D eigenvalue weighted by Gasteiger charge is -2.25. The quantitative estimate of drug-likeness (QED) is 0.177. The van der Waals surface area contributed by atoms with Gasteiger partial charge < -0.3 is 9.13 Å². The van der Waals surface area contributed by atoms with Gasteiger partial charge in [0.2, 0.25) is 0 Å². The molecule has 0 radical (unpaired) electrons. The van der Waals surface area contributed by atoms with Crippen molar-refractivity contribution in [3.05, 3.63) is 181 Å². The van der Waals surface area contributed by atoms with Gasteiger partial charge in [-0.05, 0) is 48.5 Å². The van der Waals surface area contributed by atoms with E-state index in [0.29, 0.717) is 22.5 Å². The highest BCUT2D eigenvalue weighted by Gasteiger charge is 2.33. The molecule has 62 heavy (non-hydrogen) atoms. The summed E-state index contributed by atoms with van der Waals surface area (Å²) >= 11 is 3.55. The highest BCUT2D eigenvalue weighted by Crippen LogP contribution is 2.52. The molecule has 0 aliphatic heterocycles. The predicted molar refractivity (Wildman–Crippen MR) is 257 cm³/mol. The number of fused-ring (bicyclic) bond motifs is 14. The molecule has 6 aromatic heterocycles. The summed E-state index contributed by atoms with van der Waals surface area (Å²) in [4.78, 5) is 9.99. The molecule has 6 heterocycles. The van der Waals surface area contributed by atoms with Crippen LogP contribution in [0.2, 0.25) is 0 Å². The fourth-order valence-electron chi connectivity index (χ4n) is 9.83. The molecule has 7 aromatic carbocycles. The minimum absolute atomic E-state index is 0.243. The number of para-hydroxylation sites is 2. The van der Waals surface area contributed by atoms with Crippen LogP contribution in [0.15, 0.2) is 170 Å². The Kier molecular flexibility index (Phi) is 7.38. The third-order valence-electron chi connectivity index (χ3n) is 12.3. The number of benzene rings is 7. The molecule has 6 nitrogen and oxygen atoms in total. The van der Waals surface area contributed by atoms with Crippen LogP contribution in [0, 0.1) is 22.7 Å². The molecule has 13 aromatic rings. The number of nitrogens with zero attached hydrogens (tertiary/aromatic N) is 6. The van der Waals surface area contributed by atoms with Crippen LogP contribution < -0.4 is 0 Å². The number of thiophene rings is 2. The van der Waals surface area contributed by atoms with E-state index in [2.05, 4.69) is 143 Å². The minimum atomic E-state index is 0.243. The van der Waals surface area contributed by atoms with Crippen molar-refractivity contribution in [2.24, 2.45) is 0 Å². The third-order valence-corrected chi connectivity index (χ3v) is 14.7. The number of hydrogen-bond acceptors (Lipinski definition) is 6. The molecule has 0 aliphatic rings. The van der Waals surface area contributed by atoms with Crippen molar-refractivity contribution < 1.29 is 0 Å². The smallest absolute Gasteiger partial charge is 0.101 e. The molecule has 13 rings (SSSR count). The van der Waals surface area contributed by atoms with Crippen LogP contribution in [0.1, 0.15) is 11.1 Å². The van der Waals surface area contributed by atoms with Gasteiger partial charge in [0.15, 0.2) is 0 Å². The van der Waals surface area contributed by atoms with Crippen LogP contribution in [0.3, 0.4) is 0 Å². The Morgan fingerprint density at radius 2 is 0.774 bits per heavy atom. The molecule has 0 aliphatic carbocycles. The predicted octanol–water partition coefficient (Wildman–Crippen LogP) is 14.5. The molecule has 0 N–H and O–H groups in total. The summed E-state index contributed by atoms with van der Waals surface area (Å²) in [5.41, 5.74) is 8.31. The van der Waals surface area contributed by atoms with E-state index in [4.69, 9.17) is 9.97 Å². The van der Waals surface area contributed by atoms with Gasteiger partial charge in [-0.3, -0.25) is 9.97 Å². The highest BCUT2D eigenvalue weighted by atomic mass is 32.1. The van der Waals surface area contributed by atoms with Gasteiger partial charge in [0.1, 0.15) is 12.1 Å². The van der Waals surface area contributed by atoms with Crippen LogP contribution in [0.4, 0.5) is 0 Å². The van der Waals surface area contributed by atoms with Gasteiger partial charge in [0.05, 0.1) is 65.4 Å². The minimum Gasteiger partial charge on any atom is -0.305 e. The first kappa shape index (κ1) is 34.7. The lowest BCUT2D eigenvalue weighted by molar-refractivity contribution is 1.09. The van der Waals surface area contributed by atoms with Crippen LogP contribution >= 0.6 is 22.7 Å². The van der Waals surface area contributed by atoms with Crippen molar-refractivity contribution in [2.45, 2.75) is 0 Å². The first-order valence-corrected chi connectivity index (χ1v) is 21.9. The molecule has 0 amide bonds. The molecule has 0 fully saturated rings. The van der Waals surface area contributed by atoms with Crippen LogP contribution in [0.25, 0.3) is 118 Å². The first-order valence-electron chi connectivity index (χ1n) is 20.3. The molecule has 286 valence electrons. The molecular formula is C54H28N6S2. The topological polar surface area (TPSA) is 83.2 Å². The first-order chi connectivity index (χ1) is 30.7. The largest absolute Gasteiger partial charge is 0.305 e. The van der Waals surface area contributed by atoms with E-state index >= 15 is 0 Å². The fourth-order valence-corrected chi connectivity index (χ4v) is 12.3. The number of pyridine rings is 2.